The first-order chi connectivity index (χ1) is 25.0. The predicted molar refractivity (Wildman–Crippen MR) is 197 cm³/mol. The molecule has 1 aliphatic heterocycles. The average molecular weight is 717 g/mol. The van der Waals surface area contributed by atoms with Crippen molar-refractivity contribution in [1.29, 1.82) is 0 Å². The van der Waals surface area contributed by atoms with Crippen molar-refractivity contribution in [2.75, 3.05) is 35.0 Å². The summed E-state index contributed by atoms with van der Waals surface area (Å²) in [6.07, 6.45) is 4.01. The van der Waals surface area contributed by atoms with E-state index in [1.54, 1.807) is 14.2 Å². The predicted octanol–water partition coefficient (Wildman–Crippen LogP) is 7.18. The van der Waals surface area contributed by atoms with Crippen LogP contribution in [0.1, 0.15) is 50.3 Å². The summed E-state index contributed by atoms with van der Waals surface area (Å²) in [6, 6.07) is 25.2. The van der Waals surface area contributed by atoms with E-state index < -0.39 is 35.2 Å². The molecule has 10 nitrogen and oxygen atoms in total. The summed E-state index contributed by atoms with van der Waals surface area (Å²) < 4.78 is 46.9. The van der Waals surface area contributed by atoms with Gasteiger partial charge in [0.25, 0.3) is 0 Å². The molecule has 3 aromatic carbocycles. The summed E-state index contributed by atoms with van der Waals surface area (Å²) in [5.41, 5.74) is 2.24. The number of hydrogen-bond donors (Lipinski definition) is 0. The Morgan fingerprint density at radius 3 is 2.00 bits per heavy atom. The van der Waals surface area contributed by atoms with Crippen LogP contribution in [-0.4, -0.2) is 70.9 Å². The van der Waals surface area contributed by atoms with Crippen LogP contribution in [0.15, 0.2) is 103 Å². The van der Waals surface area contributed by atoms with Crippen molar-refractivity contribution in [1.82, 2.24) is 0 Å². The molecule has 0 bridgehead atoms. The van der Waals surface area contributed by atoms with Gasteiger partial charge in [-0.3, -0.25) is 4.79 Å². The van der Waals surface area contributed by atoms with Gasteiger partial charge in [-0.1, -0.05) is 80.6 Å². The Kier molecular flexibility index (Phi) is 15.2. The van der Waals surface area contributed by atoms with Gasteiger partial charge in [-0.15, -0.1) is 0 Å². The Morgan fingerprint density at radius 2 is 1.42 bits per heavy atom. The molecule has 0 aromatic heterocycles. The normalized spacial score (nSPS) is 19.8. The first kappa shape index (κ1) is 40.5. The fourth-order valence-corrected chi connectivity index (χ4v) is 6.09. The largest absolute Gasteiger partial charge is 0.497 e. The molecule has 4 rings (SSSR count). The number of Topliss-reactive ketones (excluding diaryl/α,β-unsaturated/α-hetero) is 1. The lowest BCUT2D eigenvalue weighted by Crippen LogP contribution is -2.60. The van der Waals surface area contributed by atoms with Crippen molar-refractivity contribution in [3.63, 3.8) is 0 Å². The Morgan fingerprint density at radius 1 is 0.846 bits per heavy atom. The molecule has 0 spiro atoms. The Balaban J connectivity index is 1.56. The number of ketones is 1. The molecule has 1 heterocycles. The molecule has 1 aliphatic rings. The van der Waals surface area contributed by atoms with E-state index in [9.17, 15) is 9.59 Å². The van der Waals surface area contributed by atoms with Crippen LogP contribution in [0.5, 0.6) is 11.5 Å². The van der Waals surface area contributed by atoms with Crippen LogP contribution in [0.25, 0.3) is 0 Å². The zero-order valence-corrected chi connectivity index (χ0v) is 31.3. The summed E-state index contributed by atoms with van der Waals surface area (Å²) in [5.74, 6) is -1.33. The maximum atomic E-state index is 14.2. The minimum atomic E-state index is -1.77. The van der Waals surface area contributed by atoms with E-state index in [0.29, 0.717) is 26.2 Å². The molecular formula is C42H52O10. The molecular weight excluding hydrogens is 664 g/mol. The van der Waals surface area contributed by atoms with Gasteiger partial charge in [0.1, 0.15) is 11.5 Å². The summed E-state index contributed by atoms with van der Waals surface area (Å²) in [4.78, 5) is 26.7. The highest BCUT2D eigenvalue weighted by atomic mass is 16.7. The van der Waals surface area contributed by atoms with E-state index in [2.05, 4.69) is 0 Å². The van der Waals surface area contributed by atoms with E-state index in [1.165, 1.54) is 20.3 Å². The maximum Gasteiger partial charge on any atom is 0.330 e. The SMILES string of the molecule is COC(=O)/C=C1/C[C@@H](C[C@@H](OCc2ccc(OC)cc2)[C@@H](C)OCc2ccccc2)O[C@@](OC)(C(C)(C)/C=C/COCc2ccc(OC)cc2)C1=O. The van der Waals surface area contributed by atoms with Gasteiger partial charge in [0, 0.05) is 37.0 Å². The molecule has 0 saturated carbocycles. The summed E-state index contributed by atoms with van der Waals surface area (Å²) in [7, 11) is 5.97. The number of methoxy groups -OCH3 is 4. The number of hydrogen-bond acceptors (Lipinski definition) is 10. The third-order valence-electron chi connectivity index (χ3n) is 9.17. The zero-order valence-electron chi connectivity index (χ0n) is 31.3. The molecule has 0 unspecified atom stereocenters. The minimum absolute atomic E-state index is 0.150. The van der Waals surface area contributed by atoms with Crippen molar-refractivity contribution in [3.05, 3.63) is 119 Å². The third kappa shape index (κ3) is 10.8. The lowest BCUT2D eigenvalue weighted by molar-refractivity contribution is -0.280. The first-order valence-corrected chi connectivity index (χ1v) is 17.4. The first-order valence-electron chi connectivity index (χ1n) is 17.4. The van der Waals surface area contributed by atoms with Crippen LogP contribution in [0.4, 0.5) is 0 Å². The van der Waals surface area contributed by atoms with Gasteiger partial charge < -0.3 is 37.9 Å². The maximum absolute atomic E-state index is 14.2. The molecule has 1 saturated heterocycles. The summed E-state index contributed by atoms with van der Waals surface area (Å²) >= 11 is 0. The monoisotopic (exact) mass is 716 g/mol. The molecule has 0 aliphatic carbocycles. The second-order valence-electron chi connectivity index (χ2n) is 13.2. The number of ether oxygens (including phenoxy) is 8. The number of esters is 1. The molecule has 0 amide bonds. The molecule has 3 aromatic rings. The van der Waals surface area contributed by atoms with Crippen molar-refractivity contribution >= 4 is 11.8 Å². The fraction of sp³-hybridized carbons (Fsp3) is 0.429. The van der Waals surface area contributed by atoms with Gasteiger partial charge in [-0.25, -0.2) is 4.79 Å². The Labute approximate surface area is 307 Å². The van der Waals surface area contributed by atoms with Crippen LogP contribution < -0.4 is 9.47 Å². The highest BCUT2D eigenvalue weighted by Crippen LogP contribution is 2.45. The minimum Gasteiger partial charge on any atom is -0.497 e. The lowest BCUT2D eigenvalue weighted by Gasteiger charge is -2.48. The second kappa shape index (κ2) is 19.5. The number of rotatable bonds is 19. The van der Waals surface area contributed by atoms with Crippen LogP contribution >= 0.6 is 0 Å². The highest BCUT2D eigenvalue weighted by molar-refractivity contribution is 6.06. The topological polar surface area (TPSA) is 108 Å². The number of carbonyl (C=O) groups is 2. The fourth-order valence-electron chi connectivity index (χ4n) is 6.09. The Bertz CT molecular complexity index is 1610. The Hall–Kier alpha value is -4.32. The van der Waals surface area contributed by atoms with Crippen LogP contribution in [0, 0.1) is 5.41 Å². The molecule has 280 valence electrons. The van der Waals surface area contributed by atoms with E-state index in [-0.39, 0.29) is 24.7 Å². The summed E-state index contributed by atoms with van der Waals surface area (Å²) in [5, 5.41) is 0. The van der Waals surface area contributed by atoms with Crippen LogP contribution in [0.3, 0.4) is 0 Å². The number of carbonyl (C=O) groups excluding carboxylic acids is 2. The van der Waals surface area contributed by atoms with Gasteiger partial charge >= 0.3 is 5.97 Å². The van der Waals surface area contributed by atoms with Crippen LogP contribution in [0.2, 0.25) is 0 Å². The van der Waals surface area contributed by atoms with Gasteiger partial charge in [0.05, 0.1) is 66.1 Å². The van der Waals surface area contributed by atoms with Gasteiger partial charge in [0.2, 0.25) is 11.6 Å². The zero-order chi connectivity index (χ0) is 37.6. The van der Waals surface area contributed by atoms with Gasteiger partial charge in [-0.2, -0.15) is 0 Å². The lowest BCUT2D eigenvalue weighted by atomic mass is 9.75. The summed E-state index contributed by atoms with van der Waals surface area (Å²) in [6.45, 7) is 7.06. The van der Waals surface area contributed by atoms with E-state index in [4.69, 9.17) is 37.9 Å². The quantitative estimate of drug-likeness (QED) is 0.0548. The van der Waals surface area contributed by atoms with Gasteiger partial charge in [-0.05, 0) is 47.9 Å². The molecule has 1 fully saturated rings. The standard InChI is InChI=1S/C42H52O10/c1-30(50-28-31-12-9-8-10-13-31)38(51-29-33-16-20-36(46-5)21-17-33)26-37-24-34(25-39(43)47-6)40(44)42(48-7,52-37)41(2,3)22-11-23-49-27-32-14-18-35(45-4)19-15-32/h8-22,25,30,37-38H,23-24,26-29H2,1-7H3/b22-11+,34-25-/t30-,37+,38-,42-/m1/s1. The third-order valence-corrected chi connectivity index (χ3v) is 9.17. The van der Waals surface area contributed by atoms with E-state index >= 15 is 0 Å². The molecule has 4 atom stereocenters. The number of benzene rings is 3. The van der Waals surface area contributed by atoms with Crippen molar-refractivity contribution in [2.45, 2.75) is 77.5 Å². The van der Waals surface area contributed by atoms with Crippen molar-refractivity contribution in [2.24, 2.45) is 5.41 Å². The van der Waals surface area contributed by atoms with E-state index in [0.717, 1.165) is 28.2 Å². The van der Waals surface area contributed by atoms with Crippen LogP contribution in [-0.2, 0) is 57.8 Å². The molecule has 10 heteroatoms. The smallest absolute Gasteiger partial charge is 0.330 e. The second-order valence-corrected chi connectivity index (χ2v) is 13.2. The van der Waals surface area contributed by atoms with E-state index in [1.807, 2.05) is 112 Å². The molecule has 0 radical (unpaired) electrons. The van der Waals surface area contributed by atoms with Crippen molar-refractivity contribution < 1.29 is 47.5 Å². The molecule has 0 N–H and O–H groups in total. The van der Waals surface area contributed by atoms with Crippen molar-refractivity contribution in [3.8, 4) is 11.5 Å². The average Bonchev–Trinajstić information content (AvgIpc) is 3.17. The highest BCUT2D eigenvalue weighted by Gasteiger charge is 2.57. The molecule has 52 heavy (non-hydrogen) atoms. The van der Waals surface area contributed by atoms with Gasteiger partial charge in [0.15, 0.2) is 0 Å².